The first-order valence-electron chi connectivity index (χ1n) is 9.67. The number of hydrogen-bond donors (Lipinski definition) is 1. The number of rotatable bonds is 4. The van der Waals surface area contributed by atoms with E-state index in [9.17, 15) is 13.2 Å². The average molecular weight is 417 g/mol. The number of nitrogens with one attached hydrogen (secondary N) is 1. The Morgan fingerprint density at radius 1 is 0.967 bits per heavy atom. The highest BCUT2D eigenvalue weighted by atomic mass is 19.4. The van der Waals surface area contributed by atoms with Crippen molar-refractivity contribution in [3.8, 4) is 28.4 Å². The fourth-order valence-corrected chi connectivity index (χ4v) is 3.66. The molecule has 1 N–H and O–H groups in total. The molecule has 1 aromatic heterocycles. The molecule has 2 heterocycles. The lowest BCUT2D eigenvalue weighted by Gasteiger charge is -2.11. The van der Waals surface area contributed by atoms with Gasteiger partial charge in [0.25, 0.3) is 0 Å². The first-order chi connectivity index (χ1) is 14.4. The molecule has 1 aliphatic heterocycles. The number of halogens is 3. The molecule has 30 heavy (non-hydrogen) atoms. The second-order valence-electron chi connectivity index (χ2n) is 7.12. The molecular formula is C22H22F3N3O2. The Kier molecular flexibility index (Phi) is 5.32. The minimum Gasteiger partial charge on any atom is -0.497 e. The molecule has 0 saturated heterocycles. The van der Waals surface area contributed by atoms with Crippen LogP contribution in [0.1, 0.15) is 24.0 Å². The number of hydrogen-bond acceptors (Lipinski definition) is 4. The monoisotopic (exact) mass is 417 g/mol. The van der Waals surface area contributed by atoms with Crippen LogP contribution in [-0.4, -0.2) is 30.5 Å². The number of benzene rings is 2. The molecule has 3 aromatic rings. The van der Waals surface area contributed by atoms with Gasteiger partial charge in [-0.1, -0.05) is 0 Å². The number of nitrogens with zero attached hydrogens (tertiary/aromatic N) is 2. The zero-order valence-corrected chi connectivity index (χ0v) is 16.7. The lowest BCUT2D eigenvalue weighted by atomic mass is 10.0. The second-order valence-corrected chi connectivity index (χ2v) is 7.12. The van der Waals surface area contributed by atoms with Crippen LogP contribution in [0.3, 0.4) is 0 Å². The first kappa shape index (κ1) is 20.1. The minimum atomic E-state index is -4.37. The third kappa shape index (κ3) is 3.81. The van der Waals surface area contributed by atoms with Gasteiger partial charge in [0.05, 0.1) is 31.2 Å². The van der Waals surface area contributed by atoms with Gasteiger partial charge in [-0.25, -0.2) is 4.68 Å². The highest BCUT2D eigenvalue weighted by molar-refractivity contribution is 5.73. The van der Waals surface area contributed by atoms with Crippen LogP contribution in [0, 0.1) is 0 Å². The van der Waals surface area contributed by atoms with Crippen LogP contribution in [0.4, 0.5) is 19.0 Å². The number of aromatic nitrogens is 2. The molecule has 0 fully saturated rings. The quantitative estimate of drug-likeness (QED) is 0.624. The molecule has 2 aromatic carbocycles. The molecule has 0 unspecified atom stereocenters. The summed E-state index contributed by atoms with van der Waals surface area (Å²) in [5.74, 6) is 2.09. The topological polar surface area (TPSA) is 48.3 Å². The zero-order valence-electron chi connectivity index (χ0n) is 16.7. The van der Waals surface area contributed by atoms with Gasteiger partial charge in [-0.3, -0.25) is 0 Å². The van der Waals surface area contributed by atoms with Gasteiger partial charge in [0, 0.05) is 23.7 Å². The van der Waals surface area contributed by atoms with Crippen LogP contribution in [0.15, 0.2) is 42.5 Å². The van der Waals surface area contributed by atoms with Gasteiger partial charge < -0.3 is 14.8 Å². The number of ether oxygens (including phenoxy) is 2. The summed E-state index contributed by atoms with van der Waals surface area (Å²) in [5, 5.41) is 8.18. The van der Waals surface area contributed by atoms with E-state index >= 15 is 0 Å². The van der Waals surface area contributed by atoms with Crippen LogP contribution in [0.5, 0.6) is 11.5 Å². The highest BCUT2D eigenvalue weighted by Gasteiger charge is 2.30. The van der Waals surface area contributed by atoms with Crippen molar-refractivity contribution >= 4 is 5.82 Å². The SMILES string of the molecule is COc1cc(OC)cc(-c2nn(-c3ccc(C(F)(F)F)cc3)c3c2CCCCN3)c1. The molecular weight excluding hydrogens is 395 g/mol. The summed E-state index contributed by atoms with van der Waals surface area (Å²) < 4.78 is 51.3. The molecule has 0 spiro atoms. The largest absolute Gasteiger partial charge is 0.497 e. The number of fused-ring (bicyclic) bond motifs is 1. The van der Waals surface area contributed by atoms with Gasteiger partial charge in [-0.2, -0.15) is 18.3 Å². The fraction of sp³-hybridized carbons (Fsp3) is 0.318. The summed E-state index contributed by atoms with van der Waals surface area (Å²) >= 11 is 0. The summed E-state index contributed by atoms with van der Waals surface area (Å²) in [7, 11) is 3.17. The summed E-state index contributed by atoms with van der Waals surface area (Å²) in [5.41, 5.74) is 2.50. The standard InChI is InChI=1S/C22H22F3N3O2/c1-29-17-11-14(12-18(13-17)30-2)20-19-5-3-4-10-26-21(19)28(27-20)16-8-6-15(7-9-16)22(23,24)25/h6-9,11-13,26H,3-5,10H2,1-2H3. The van der Waals surface area contributed by atoms with E-state index in [1.807, 2.05) is 12.1 Å². The molecule has 5 nitrogen and oxygen atoms in total. The fourth-order valence-electron chi connectivity index (χ4n) is 3.66. The number of anilines is 1. The van der Waals surface area contributed by atoms with E-state index in [0.29, 0.717) is 17.2 Å². The smallest absolute Gasteiger partial charge is 0.416 e. The van der Waals surface area contributed by atoms with E-state index < -0.39 is 11.7 Å². The highest BCUT2D eigenvalue weighted by Crippen LogP contribution is 2.37. The van der Waals surface area contributed by atoms with Crippen molar-refractivity contribution in [2.75, 3.05) is 26.1 Å². The predicted octanol–water partition coefficient (Wildman–Crippen LogP) is 5.32. The van der Waals surface area contributed by atoms with Gasteiger partial charge in [0.2, 0.25) is 0 Å². The maximum atomic E-state index is 13.0. The number of alkyl halides is 3. The maximum Gasteiger partial charge on any atom is 0.416 e. The first-order valence-corrected chi connectivity index (χ1v) is 9.67. The van der Waals surface area contributed by atoms with Crippen LogP contribution in [0.25, 0.3) is 16.9 Å². The van der Waals surface area contributed by atoms with E-state index in [-0.39, 0.29) is 0 Å². The Bertz CT molecular complexity index is 1020. The van der Waals surface area contributed by atoms with Crippen molar-refractivity contribution in [3.05, 3.63) is 53.6 Å². The lowest BCUT2D eigenvalue weighted by Crippen LogP contribution is -2.08. The van der Waals surface area contributed by atoms with E-state index in [1.54, 1.807) is 25.0 Å². The lowest BCUT2D eigenvalue weighted by molar-refractivity contribution is -0.137. The van der Waals surface area contributed by atoms with E-state index in [1.165, 1.54) is 12.1 Å². The van der Waals surface area contributed by atoms with Crippen molar-refractivity contribution in [1.29, 1.82) is 0 Å². The van der Waals surface area contributed by atoms with Crippen LogP contribution in [0.2, 0.25) is 0 Å². The van der Waals surface area contributed by atoms with Crippen molar-refractivity contribution in [2.24, 2.45) is 0 Å². The van der Waals surface area contributed by atoms with Gasteiger partial charge in [-0.05, 0) is 55.7 Å². The summed E-state index contributed by atoms with van der Waals surface area (Å²) in [6.45, 7) is 0.778. The Morgan fingerprint density at radius 3 is 2.23 bits per heavy atom. The van der Waals surface area contributed by atoms with Crippen molar-refractivity contribution < 1.29 is 22.6 Å². The Balaban J connectivity index is 1.85. The maximum absolute atomic E-state index is 13.0. The minimum absolute atomic E-state index is 0.565. The van der Waals surface area contributed by atoms with Crippen LogP contribution >= 0.6 is 0 Å². The molecule has 0 atom stereocenters. The van der Waals surface area contributed by atoms with E-state index in [2.05, 4.69) is 5.32 Å². The predicted molar refractivity (Wildman–Crippen MR) is 109 cm³/mol. The molecule has 158 valence electrons. The van der Waals surface area contributed by atoms with Gasteiger partial charge in [0.15, 0.2) is 0 Å². The number of methoxy groups -OCH3 is 2. The third-order valence-corrected chi connectivity index (χ3v) is 5.19. The van der Waals surface area contributed by atoms with Crippen LogP contribution in [-0.2, 0) is 12.6 Å². The summed E-state index contributed by atoms with van der Waals surface area (Å²) in [6, 6.07) is 10.6. The molecule has 1 aliphatic rings. The Morgan fingerprint density at radius 2 is 1.63 bits per heavy atom. The molecule has 0 radical (unpaired) electrons. The third-order valence-electron chi connectivity index (χ3n) is 5.19. The Hall–Kier alpha value is -3.16. The van der Waals surface area contributed by atoms with Gasteiger partial charge >= 0.3 is 6.18 Å². The van der Waals surface area contributed by atoms with Gasteiger partial charge in [-0.15, -0.1) is 0 Å². The molecule has 0 aliphatic carbocycles. The van der Waals surface area contributed by atoms with Crippen molar-refractivity contribution in [1.82, 2.24) is 9.78 Å². The van der Waals surface area contributed by atoms with E-state index in [4.69, 9.17) is 14.6 Å². The summed E-state index contributed by atoms with van der Waals surface area (Å²) in [4.78, 5) is 0. The normalized spacial score (nSPS) is 13.9. The summed E-state index contributed by atoms with van der Waals surface area (Å²) in [6.07, 6.45) is -1.56. The molecule has 8 heteroatoms. The van der Waals surface area contributed by atoms with Crippen LogP contribution < -0.4 is 14.8 Å². The molecule has 0 amide bonds. The van der Waals surface area contributed by atoms with Gasteiger partial charge in [0.1, 0.15) is 17.3 Å². The zero-order chi connectivity index (χ0) is 21.3. The molecule has 0 saturated carbocycles. The van der Waals surface area contributed by atoms with Crippen molar-refractivity contribution in [3.63, 3.8) is 0 Å². The van der Waals surface area contributed by atoms with E-state index in [0.717, 1.165) is 60.6 Å². The average Bonchev–Trinajstić information content (AvgIpc) is 2.93. The molecule has 0 bridgehead atoms. The molecule has 4 rings (SSSR count). The Labute approximate surface area is 172 Å². The van der Waals surface area contributed by atoms with Crippen molar-refractivity contribution in [2.45, 2.75) is 25.4 Å². The second kappa shape index (κ2) is 7.93.